The predicted molar refractivity (Wildman–Crippen MR) is 101 cm³/mol. The lowest BCUT2D eigenvalue weighted by molar-refractivity contribution is -0.138. The second-order valence-corrected chi connectivity index (χ2v) is 6.10. The second-order valence-electron chi connectivity index (χ2n) is 5.69. The Morgan fingerprint density at radius 2 is 1.78 bits per heavy atom. The van der Waals surface area contributed by atoms with Crippen molar-refractivity contribution in [3.05, 3.63) is 52.6 Å². The lowest BCUT2D eigenvalue weighted by atomic mass is 10.2. The van der Waals surface area contributed by atoms with Crippen LogP contribution >= 0.6 is 11.6 Å². The Kier molecular flexibility index (Phi) is 6.08. The van der Waals surface area contributed by atoms with Gasteiger partial charge < -0.3 is 23.7 Å². The smallest absolute Gasteiger partial charge is 0.331 e. The topological polar surface area (TPSA) is 63.2 Å². The van der Waals surface area contributed by atoms with Crippen molar-refractivity contribution >= 4 is 23.6 Å². The quantitative estimate of drug-likeness (QED) is 0.551. The van der Waals surface area contributed by atoms with Crippen LogP contribution in [-0.2, 0) is 16.1 Å². The number of fused-ring (bicyclic) bond motifs is 1. The highest BCUT2D eigenvalue weighted by atomic mass is 35.5. The van der Waals surface area contributed by atoms with Gasteiger partial charge in [0.15, 0.2) is 11.5 Å². The van der Waals surface area contributed by atoms with E-state index in [0.717, 1.165) is 5.56 Å². The third-order valence-electron chi connectivity index (χ3n) is 3.82. The Morgan fingerprint density at radius 3 is 2.48 bits per heavy atom. The van der Waals surface area contributed by atoms with E-state index in [0.29, 0.717) is 46.8 Å². The highest BCUT2D eigenvalue weighted by Crippen LogP contribution is 2.38. The molecule has 0 unspecified atom stereocenters. The zero-order chi connectivity index (χ0) is 19.2. The molecule has 0 atom stereocenters. The van der Waals surface area contributed by atoms with Gasteiger partial charge in [0.1, 0.15) is 31.3 Å². The molecule has 0 aromatic heterocycles. The van der Waals surface area contributed by atoms with E-state index in [9.17, 15) is 4.79 Å². The number of benzene rings is 2. The molecule has 6 nitrogen and oxygen atoms in total. The number of carbonyl (C=O) groups is 1. The average Bonchev–Trinajstić information content (AvgIpc) is 2.70. The normalized spacial score (nSPS) is 12.7. The highest BCUT2D eigenvalue weighted by molar-refractivity contribution is 6.32. The van der Waals surface area contributed by atoms with Gasteiger partial charge in [-0.2, -0.15) is 0 Å². The van der Waals surface area contributed by atoms with Crippen LogP contribution in [0.4, 0.5) is 0 Å². The van der Waals surface area contributed by atoms with E-state index in [1.807, 2.05) is 0 Å². The first kappa shape index (κ1) is 18.9. The summed E-state index contributed by atoms with van der Waals surface area (Å²) in [6.45, 7) is 0.987. The summed E-state index contributed by atoms with van der Waals surface area (Å²) in [5.41, 5.74) is 1.47. The maximum Gasteiger partial charge on any atom is 0.331 e. The van der Waals surface area contributed by atoms with Crippen molar-refractivity contribution in [1.82, 2.24) is 0 Å². The third kappa shape index (κ3) is 4.86. The van der Waals surface area contributed by atoms with E-state index in [1.54, 1.807) is 50.6 Å². The van der Waals surface area contributed by atoms with Gasteiger partial charge in [-0.25, -0.2) is 4.79 Å². The zero-order valence-corrected chi connectivity index (χ0v) is 15.7. The lowest BCUT2D eigenvalue weighted by Gasteiger charge is -2.20. The van der Waals surface area contributed by atoms with Crippen molar-refractivity contribution < 1.29 is 28.5 Å². The maximum absolute atomic E-state index is 12.0. The van der Waals surface area contributed by atoms with Crippen LogP contribution in [0.25, 0.3) is 6.08 Å². The molecule has 7 heteroatoms. The molecule has 0 aliphatic carbocycles. The van der Waals surface area contributed by atoms with Gasteiger partial charge in [-0.3, -0.25) is 0 Å². The van der Waals surface area contributed by atoms with Gasteiger partial charge in [0.05, 0.1) is 19.2 Å². The van der Waals surface area contributed by atoms with Crippen LogP contribution < -0.4 is 18.9 Å². The monoisotopic (exact) mass is 390 g/mol. The predicted octanol–water partition coefficient (Wildman–Crippen LogP) is 3.89. The molecule has 0 spiro atoms. The summed E-state index contributed by atoms with van der Waals surface area (Å²) in [6, 6.07) is 8.77. The molecule has 0 saturated carbocycles. The molecule has 3 rings (SSSR count). The van der Waals surface area contributed by atoms with E-state index in [4.69, 9.17) is 35.3 Å². The number of hydrogen-bond donors (Lipinski definition) is 0. The van der Waals surface area contributed by atoms with E-state index < -0.39 is 5.97 Å². The largest absolute Gasteiger partial charge is 0.497 e. The third-order valence-corrected chi connectivity index (χ3v) is 4.10. The Bertz CT molecular complexity index is 840. The number of methoxy groups -OCH3 is 2. The summed E-state index contributed by atoms with van der Waals surface area (Å²) < 4.78 is 26.6. The van der Waals surface area contributed by atoms with Gasteiger partial charge >= 0.3 is 5.97 Å². The molecule has 27 heavy (non-hydrogen) atoms. The number of esters is 1. The first-order chi connectivity index (χ1) is 13.1. The number of rotatable bonds is 6. The van der Waals surface area contributed by atoms with Crippen LogP contribution in [0.2, 0.25) is 5.02 Å². The molecule has 0 amide bonds. The van der Waals surface area contributed by atoms with Gasteiger partial charge in [-0.1, -0.05) is 11.6 Å². The molecule has 0 saturated heterocycles. The van der Waals surface area contributed by atoms with Crippen molar-refractivity contribution in [2.75, 3.05) is 27.4 Å². The Balaban J connectivity index is 1.63. The number of ether oxygens (including phenoxy) is 5. The fourth-order valence-corrected chi connectivity index (χ4v) is 2.83. The summed E-state index contributed by atoms with van der Waals surface area (Å²) in [5, 5.41) is 0.428. The van der Waals surface area contributed by atoms with Crippen LogP contribution in [0.5, 0.6) is 23.0 Å². The molecule has 0 radical (unpaired) electrons. The molecule has 142 valence electrons. The first-order valence-electron chi connectivity index (χ1n) is 8.25. The van der Waals surface area contributed by atoms with Crippen LogP contribution in [0.3, 0.4) is 0 Å². The molecule has 2 aromatic rings. The standard InChI is InChI=1S/C20H19ClO6/c1-23-15-7-13(8-16(11-15)24-2)3-4-19(22)27-12-14-9-17(21)20-18(10-14)25-5-6-26-20/h3-4,7-11H,5-6,12H2,1-2H3/b4-3+. The van der Waals surface area contributed by atoms with E-state index in [1.165, 1.54) is 6.08 Å². The SMILES string of the molecule is COc1cc(/C=C/C(=O)OCc2cc(Cl)c3c(c2)OCCO3)cc(OC)c1. The summed E-state index contributed by atoms with van der Waals surface area (Å²) in [7, 11) is 3.13. The summed E-state index contributed by atoms with van der Waals surface area (Å²) in [6.07, 6.45) is 2.97. The minimum atomic E-state index is -0.484. The van der Waals surface area contributed by atoms with Gasteiger partial charge in [-0.15, -0.1) is 0 Å². The van der Waals surface area contributed by atoms with Gasteiger partial charge in [0.2, 0.25) is 0 Å². The minimum Gasteiger partial charge on any atom is -0.497 e. The molecular weight excluding hydrogens is 372 g/mol. The highest BCUT2D eigenvalue weighted by Gasteiger charge is 2.17. The molecule has 1 heterocycles. The van der Waals surface area contributed by atoms with Crippen molar-refractivity contribution in [1.29, 1.82) is 0 Å². The zero-order valence-electron chi connectivity index (χ0n) is 15.0. The number of carbonyl (C=O) groups excluding carboxylic acids is 1. The molecule has 0 bridgehead atoms. The number of halogens is 1. The van der Waals surface area contributed by atoms with Crippen molar-refractivity contribution in [3.63, 3.8) is 0 Å². The van der Waals surface area contributed by atoms with Gasteiger partial charge in [-0.05, 0) is 41.5 Å². The first-order valence-corrected chi connectivity index (χ1v) is 8.63. The van der Waals surface area contributed by atoms with Crippen LogP contribution in [-0.4, -0.2) is 33.4 Å². The Morgan fingerprint density at radius 1 is 1.07 bits per heavy atom. The Labute approximate surface area is 162 Å². The molecule has 1 aliphatic heterocycles. The second kappa shape index (κ2) is 8.68. The van der Waals surface area contributed by atoms with E-state index >= 15 is 0 Å². The molecule has 0 N–H and O–H groups in total. The molecule has 2 aromatic carbocycles. The van der Waals surface area contributed by atoms with Crippen molar-refractivity contribution in [3.8, 4) is 23.0 Å². The fraction of sp³-hybridized carbons (Fsp3) is 0.250. The maximum atomic E-state index is 12.0. The van der Waals surface area contributed by atoms with Crippen LogP contribution in [0, 0.1) is 0 Å². The molecule has 1 aliphatic rings. The van der Waals surface area contributed by atoms with Crippen LogP contribution in [0.15, 0.2) is 36.4 Å². The number of hydrogen-bond acceptors (Lipinski definition) is 6. The minimum absolute atomic E-state index is 0.0704. The Hall–Kier alpha value is -2.86. The summed E-state index contributed by atoms with van der Waals surface area (Å²) in [5.74, 6) is 1.85. The fourth-order valence-electron chi connectivity index (χ4n) is 2.54. The summed E-state index contributed by atoms with van der Waals surface area (Å²) in [4.78, 5) is 12.0. The van der Waals surface area contributed by atoms with Crippen LogP contribution in [0.1, 0.15) is 11.1 Å². The lowest BCUT2D eigenvalue weighted by Crippen LogP contribution is -2.16. The van der Waals surface area contributed by atoms with Crippen molar-refractivity contribution in [2.24, 2.45) is 0 Å². The van der Waals surface area contributed by atoms with Gasteiger partial charge in [0.25, 0.3) is 0 Å². The molecule has 0 fully saturated rings. The molecular formula is C20H19ClO6. The van der Waals surface area contributed by atoms with Crippen molar-refractivity contribution in [2.45, 2.75) is 6.61 Å². The van der Waals surface area contributed by atoms with E-state index in [-0.39, 0.29) is 6.61 Å². The van der Waals surface area contributed by atoms with E-state index in [2.05, 4.69) is 0 Å². The summed E-state index contributed by atoms with van der Waals surface area (Å²) >= 11 is 6.18. The van der Waals surface area contributed by atoms with Gasteiger partial charge in [0, 0.05) is 12.1 Å². The average molecular weight is 391 g/mol.